The van der Waals surface area contributed by atoms with Crippen LogP contribution in [0, 0.1) is 0 Å². The van der Waals surface area contributed by atoms with Crippen LogP contribution >= 0.6 is 11.3 Å². The average molecular weight is 325 g/mol. The first-order chi connectivity index (χ1) is 9.75. The third-order valence-electron chi connectivity index (χ3n) is 2.91. The standard InChI is InChI=1S/C14H15NO4S2/c1-9(2)8-15(3)21(18,19)13-10-6-4-5-7-11(10)20-12(13)14(16)17/h4-7H,1,8H2,2-3H3,(H,16,17). The van der Waals surface area contributed by atoms with E-state index in [4.69, 9.17) is 0 Å². The fraction of sp³-hybridized carbons (Fsp3) is 0.214. The van der Waals surface area contributed by atoms with Crippen molar-refractivity contribution in [3.05, 3.63) is 41.3 Å². The van der Waals surface area contributed by atoms with Gasteiger partial charge in [-0.1, -0.05) is 30.4 Å². The molecule has 0 aliphatic carbocycles. The zero-order chi connectivity index (χ0) is 15.8. The zero-order valence-corrected chi connectivity index (χ0v) is 13.3. The van der Waals surface area contributed by atoms with Gasteiger partial charge in [0.15, 0.2) is 0 Å². The van der Waals surface area contributed by atoms with Crippen LogP contribution in [0.5, 0.6) is 0 Å². The third-order valence-corrected chi connectivity index (χ3v) is 6.08. The second-order valence-corrected chi connectivity index (χ2v) is 7.81. The summed E-state index contributed by atoms with van der Waals surface area (Å²) in [6.07, 6.45) is 0. The van der Waals surface area contributed by atoms with Gasteiger partial charge in [-0.3, -0.25) is 0 Å². The summed E-state index contributed by atoms with van der Waals surface area (Å²) >= 11 is 0.967. The first kappa shape index (κ1) is 15.7. The van der Waals surface area contributed by atoms with Gasteiger partial charge in [-0.15, -0.1) is 11.3 Å². The molecule has 0 unspecified atom stereocenters. The normalized spacial score (nSPS) is 12.0. The van der Waals surface area contributed by atoms with Crippen LogP contribution in [0.25, 0.3) is 10.1 Å². The van der Waals surface area contributed by atoms with Crippen LogP contribution in [-0.2, 0) is 10.0 Å². The molecule has 0 bridgehead atoms. The Morgan fingerprint density at radius 3 is 2.57 bits per heavy atom. The Morgan fingerprint density at radius 2 is 2.00 bits per heavy atom. The van der Waals surface area contributed by atoms with E-state index in [1.807, 2.05) is 0 Å². The Bertz CT molecular complexity index is 821. The van der Waals surface area contributed by atoms with Crippen LogP contribution in [0.1, 0.15) is 16.6 Å². The van der Waals surface area contributed by atoms with Gasteiger partial charge in [0.05, 0.1) is 0 Å². The summed E-state index contributed by atoms with van der Waals surface area (Å²) in [5, 5.41) is 9.74. The lowest BCUT2D eigenvalue weighted by atomic mass is 10.2. The van der Waals surface area contributed by atoms with Gasteiger partial charge in [0.1, 0.15) is 9.77 Å². The zero-order valence-electron chi connectivity index (χ0n) is 11.7. The van der Waals surface area contributed by atoms with E-state index >= 15 is 0 Å². The number of aromatic carboxylic acids is 1. The molecule has 0 spiro atoms. The van der Waals surface area contributed by atoms with Crippen LogP contribution in [0.3, 0.4) is 0 Å². The van der Waals surface area contributed by atoms with Gasteiger partial charge in [0.25, 0.3) is 0 Å². The first-order valence-corrected chi connectivity index (χ1v) is 8.36. The molecule has 0 saturated carbocycles. The largest absolute Gasteiger partial charge is 0.477 e. The number of likely N-dealkylation sites (N-methyl/N-ethyl adjacent to an activating group) is 1. The highest BCUT2D eigenvalue weighted by atomic mass is 32.2. The van der Waals surface area contributed by atoms with Crippen molar-refractivity contribution in [1.29, 1.82) is 0 Å². The molecule has 0 saturated heterocycles. The number of carboxylic acid groups (broad SMARTS) is 1. The van der Waals surface area contributed by atoms with Crippen molar-refractivity contribution in [1.82, 2.24) is 4.31 Å². The van der Waals surface area contributed by atoms with Gasteiger partial charge in [-0.25, -0.2) is 13.2 Å². The Morgan fingerprint density at radius 1 is 1.38 bits per heavy atom. The molecular weight excluding hydrogens is 310 g/mol. The number of hydrogen-bond acceptors (Lipinski definition) is 4. The predicted octanol–water partition coefficient (Wildman–Crippen LogP) is 2.80. The van der Waals surface area contributed by atoms with Gasteiger partial charge in [-0.05, 0) is 13.0 Å². The van der Waals surface area contributed by atoms with Gasteiger partial charge in [0.2, 0.25) is 10.0 Å². The quantitative estimate of drug-likeness (QED) is 0.858. The van der Waals surface area contributed by atoms with Gasteiger partial charge in [-0.2, -0.15) is 4.31 Å². The second-order valence-electron chi connectivity index (χ2n) is 4.78. The molecule has 1 aromatic carbocycles. The Balaban J connectivity index is 2.72. The molecule has 5 nitrogen and oxygen atoms in total. The lowest BCUT2D eigenvalue weighted by Crippen LogP contribution is -2.29. The lowest BCUT2D eigenvalue weighted by Gasteiger charge is -2.17. The van der Waals surface area contributed by atoms with E-state index in [-0.39, 0.29) is 16.3 Å². The van der Waals surface area contributed by atoms with Crippen molar-refractivity contribution < 1.29 is 18.3 Å². The number of sulfonamides is 1. The molecule has 1 heterocycles. The molecule has 2 aromatic rings. The maximum absolute atomic E-state index is 12.7. The SMILES string of the molecule is C=C(C)CN(C)S(=O)(=O)c1c(C(=O)O)sc2ccccc12. The van der Waals surface area contributed by atoms with Crippen molar-refractivity contribution in [2.45, 2.75) is 11.8 Å². The smallest absolute Gasteiger partial charge is 0.347 e. The molecule has 7 heteroatoms. The maximum atomic E-state index is 12.7. The van der Waals surface area contributed by atoms with Crippen LogP contribution in [-0.4, -0.2) is 37.4 Å². The summed E-state index contributed by atoms with van der Waals surface area (Å²) in [5.41, 5.74) is 0.678. The Kier molecular flexibility index (Phi) is 4.18. The Hall–Kier alpha value is -1.70. The Labute approximate surface area is 127 Å². The van der Waals surface area contributed by atoms with E-state index < -0.39 is 16.0 Å². The monoisotopic (exact) mass is 325 g/mol. The molecule has 0 amide bonds. The van der Waals surface area contributed by atoms with E-state index in [0.717, 1.165) is 15.6 Å². The number of fused-ring (bicyclic) bond motifs is 1. The van der Waals surface area contributed by atoms with Gasteiger partial charge in [0, 0.05) is 23.7 Å². The molecule has 0 atom stereocenters. The number of hydrogen-bond donors (Lipinski definition) is 1. The fourth-order valence-corrected chi connectivity index (χ4v) is 4.96. The highest BCUT2D eigenvalue weighted by Crippen LogP contribution is 2.36. The van der Waals surface area contributed by atoms with E-state index in [9.17, 15) is 18.3 Å². The van der Waals surface area contributed by atoms with Crippen LogP contribution in [0.15, 0.2) is 41.3 Å². The van der Waals surface area contributed by atoms with Crippen molar-refractivity contribution in [3.63, 3.8) is 0 Å². The summed E-state index contributed by atoms with van der Waals surface area (Å²) in [7, 11) is -2.47. The van der Waals surface area contributed by atoms with E-state index in [1.165, 1.54) is 7.05 Å². The minimum atomic E-state index is -3.89. The first-order valence-electron chi connectivity index (χ1n) is 6.10. The van der Waals surface area contributed by atoms with E-state index in [0.29, 0.717) is 15.7 Å². The number of carbonyl (C=O) groups is 1. The van der Waals surface area contributed by atoms with Crippen LogP contribution in [0.2, 0.25) is 0 Å². The summed E-state index contributed by atoms with van der Waals surface area (Å²) in [5.74, 6) is -1.24. The summed E-state index contributed by atoms with van der Waals surface area (Å²) < 4.78 is 27.1. The number of benzene rings is 1. The van der Waals surface area contributed by atoms with E-state index in [2.05, 4.69) is 6.58 Å². The van der Waals surface area contributed by atoms with Crippen LogP contribution < -0.4 is 0 Å². The lowest BCUT2D eigenvalue weighted by molar-refractivity contribution is 0.0698. The number of thiophene rings is 1. The van der Waals surface area contributed by atoms with Crippen molar-refractivity contribution >= 4 is 37.4 Å². The van der Waals surface area contributed by atoms with Gasteiger partial charge >= 0.3 is 5.97 Å². The summed E-state index contributed by atoms with van der Waals surface area (Å²) in [6, 6.07) is 6.78. The second kappa shape index (κ2) is 5.59. The topological polar surface area (TPSA) is 74.7 Å². The minimum Gasteiger partial charge on any atom is -0.477 e. The average Bonchev–Trinajstić information content (AvgIpc) is 2.77. The number of nitrogens with zero attached hydrogens (tertiary/aromatic N) is 1. The molecule has 0 aliphatic heterocycles. The molecule has 1 N–H and O–H groups in total. The fourth-order valence-electron chi connectivity index (χ4n) is 2.04. The molecule has 21 heavy (non-hydrogen) atoms. The third kappa shape index (κ3) is 2.85. The molecular formula is C14H15NO4S2. The number of rotatable bonds is 5. The predicted molar refractivity (Wildman–Crippen MR) is 83.4 cm³/mol. The van der Waals surface area contributed by atoms with Gasteiger partial charge < -0.3 is 5.11 Å². The number of carboxylic acids is 1. The maximum Gasteiger partial charge on any atom is 0.347 e. The molecule has 1 aromatic heterocycles. The summed E-state index contributed by atoms with van der Waals surface area (Å²) in [4.78, 5) is 11.1. The highest BCUT2D eigenvalue weighted by molar-refractivity contribution is 7.89. The van der Waals surface area contributed by atoms with Crippen molar-refractivity contribution in [2.75, 3.05) is 13.6 Å². The molecule has 0 aliphatic rings. The molecule has 2 rings (SSSR count). The minimum absolute atomic E-state index is 0.139. The molecule has 0 radical (unpaired) electrons. The van der Waals surface area contributed by atoms with Crippen molar-refractivity contribution in [2.24, 2.45) is 0 Å². The van der Waals surface area contributed by atoms with E-state index in [1.54, 1.807) is 31.2 Å². The highest BCUT2D eigenvalue weighted by Gasteiger charge is 2.31. The van der Waals surface area contributed by atoms with Crippen molar-refractivity contribution in [3.8, 4) is 0 Å². The van der Waals surface area contributed by atoms with Crippen LogP contribution in [0.4, 0.5) is 0 Å². The molecule has 112 valence electrons. The molecule has 0 fully saturated rings. The summed E-state index contributed by atoms with van der Waals surface area (Å²) in [6.45, 7) is 5.55.